The van der Waals surface area contributed by atoms with Crippen molar-refractivity contribution in [1.29, 1.82) is 5.26 Å². The number of aromatic nitrogens is 1. The number of hydrogen-bond donors (Lipinski definition) is 4. The first-order valence-electron chi connectivity index (χ1n) is 9.47. The van der Waals surface area contributed by atoms with Crippen molar-refractivity contribution < 1.29 is 19.5 Å². The summed E-state index contributed by atoms with van der Waals surface area (Å²) < 4.78 is 0. The number of amides is 2. The van der Waals surface area contributed by atoms with Crippen LogP contribution in [0.1, 0.15) is 31.3 Å². The SMILES string of the molecule is N#Cc1ccc(NC(=O)c2cc3cccc(NC(=O)Cc4cccs4)c3[nH]2)c(C(=O)O)c1. The minimum Gasteiger partial charge on any atom is -0.478 e. The van der Waals surface area contributed by atoms with E-state index >= 15 is 0 Å². The standard InChI is InChI=1S/C23H16N4O4S/c24-12-13-6-7-17(16(9-13)23(30)31)27-22(29)19-10-14-3-1-5-18(21(14)26-19)25-20(28)11-15-4-2-8-32-15/h1-10,26H,11H2,(H,25,28)(H,27,29)(H,30,31). The molecule has 0 bridgehead atoms. The Morgan fingerprint density at radius 2 is 1.88 bits per heavy atom. The van der Waals surface area contributed by atoms with Crippen LogP contribution in [0.3, 0.4) is 0 Å². The molecule has 0 atom stereocenters. The summed E-state index contributed by atoms with van der Waals surface area (Å²) in [7, 11) is 0. The zero-order valence-corrected chi connectivity index (χ0v) is 17.3. The Balaban J connectivity index is 1.57. The first-order chi connectivity index (χ1) is 15.4. The lowest BCUT2D eigenvalue weighted by Gasteiger charge is -2.08. The highest BCUT2D eigenvalue weighted by Crippen LogP contribution is 2.25. The van der Waals surface area contributed by atoms with Crippen molar-refractivity contribution in [2.75, 3.05) is 10.6 Å². The molecule has 2 aromatic heterocycles. The van der Waals surface area contributed by atoms with Crippen molar-refractivity contribution in [1.82, 2.24) is 4.98 Å². The van der Waals surface area contributed by atoms with E-state index in [1.165, 1.54) is 29.5 Å². The number of nitrogens with one attached hydrogen (secondary N) is 3. The second-order valence-electron chi connectivity index (χ2n) is 6.89. The van der Waals surface area contributed by atoms with Gasteiger partial charge in [0.2, 0.25) is 5.91 Å². The van der Waals surface area contributed by atoms with E-state index in [2.05, 4.69) is 15.6 Å². The molecule has 2 aromatic carbocycles. The molecule has 32 heavy (non-hydrogen) atoms. The number of carbonyl (C=O) groups is 3. The molecule has 2 heterocycles. The summed E-state index contributed by atoms with van der Waals surface area (Å²) in [5.41, 5.74) is 1.37. The molecule has 0 aliphatic rings. The summed E-state index contributed by atoms with van der Waals surface area (Å²) in [4.78, 5) is 40.6. The number of hydrogen-bond acceptors (Lipinski definition) is 5. The number of para-hydroxylation sites is 1. The van der Waals surface area contributed by atoms with Gasteiger partial charge >= 0.3 is 5.97 Å². The van der Waals surface area contributed by atoms with Crippen molar-refractivity contribution in [2.45, 2.75) is 6.42 Å². The summed E-state index contributed by atoms with van der Waals surface area (Å²) in [5, 5.41) is 26.4. The topological polar surface area (TPSA) is 135 Å². The Labute approximate surface area is 186 Å². The molecule has 4 aromatic rings. The molecule has 0 aliphatic carbocycles. The van der Waals surface area contributed by atoms with Gasteiger partial charge in [-0.25, -0.2) is 4.79 Å². The molecule has 0 aliphatic heterocycles. The molecular formula is C23H16N4O4S. The number of carboxylic acids is 1. The Hall–Kier alpha value is -4.42. The highest BCUT2D eigenvalue weighted by molar-refractivity contribution is 7.10. The highest BCUT2D eigenvalue weighted by atomic mass is 32.1. The zero-order valence-electron chi connectivity index (χ0n) is 16.5. The Kier molecular flexibility index (Phi) is 5.70. The van der Waals surface area contributed by atoms with Crippen LogP contribution in [0.4, 0.5) is 11.4 Å². The molecule has 9 heteroatoms. The molecule has 0 radical (unpaired) electrons. The summed E-state index contributed by atoms with van der Waals surface area (Å²) in [6.07, 6.45) is 0.249. The largest absolute Gasteiger partial charge is 0.478 e. The molecule has 4 rings (SSSR count). The number of carbonyl (C=O) groups excluding carboxylic acids is 2. The summed E-state index contributed by atoms with van der Waals surface area (Å²) in [5.74, 6) is -1.99. The number of thiophene rings is 1. The van der Waals surface area contributed by atoms with Crippen molar-refractivity contribution >= 4 is 51.4 Å². The predicted molar refractivity (Wildman–Crippen MR) is 121 cm³/mol. The van der Waals surface area contributed by atoms with Gasteiger partial charge in [-0.3, -0.25) is 9.59 Å². The zero-order chi connectivity index (χ0) is 22.7. The number of aromatic amines is 1. The average Bonchev–Trinajstić information content (AvgIpc) is 3.44. The van der Waals surface area contributed by atoms with E-state index in [0.29, 0.717) is 16.6 Å². The third kappa shape index (κ3) is 4.35. The van der Waals surface area contributed by atoms with Gasteiger partial charge in [-0.05, 0) is 41.8 Å². The van der Waals surface area contributed by atoms with E-state index in [-0.39, 0.29) is 34.8 Å². The molecule has 2 amide bonds. The molecular weight excluding hydrogens is 428 g/mol. The normalized spacial score (nSPS) is 10.5. The maximum absolute atomic E-state index is 12.8. The fourth-order valence-electron chi connectivity index (χ4n) is 3.24. The lowest BCUT2D eigenvalue weighted by atomic mass is 10.1. The fourth-order valence-corrected chi connectivity index (χ4v) is 3.94. The van der Waals surface area contributed by atoms with E-state index in [4.69, 9.17) is 5.26 Å². The second kappa shape index (κ2) is 8.75. The van der Waals surface area contributed by atoms with Crippen LogP contribution in [0.15, 0.2) is 60.0 Å². The van der Waals surface area contributed by atoms with E-state index in [1.54, 1.807) is 24.3 Å². The molecule has 158 valence electrons. The lowest BCUT2D eigenvalue weighted by Crippen LogP contribution is -2.15. The van der Waals surface area contributed by atoms with Gasteiger partial charge in [0, 0.05) is 10.3 Å². The number of nitrogens with zero attached hydrogens (tertiary/aromatic N) is 1. The number of anilines is 2. The quantitative estimate of drug-likeness (QED) is 0.353. The molecule has 0 spiro atoms. The summed E-state index contributed by atoms with van der Waals surface area (Å²) >= 11 is 1.50. The van der Waals surface area contributed by atoms with Gasteiger partial charge in [0.05, 0.1) is 40.5 Å². The Morgan fingerprint density at radius 3 is 2.59 bits per heavy atom. The second-order valence-corrected chi connectivity index (χ2v) is 7.92. The van der Waals surface area contributed by atoms with E-state index in [0.717, 1.165) is 4.88 Å². The van der Waals surface area contributed by atoms with E-state index in [1.807, 2.05) is 23.6 Å². The number of carboxylic acid groups (broad SMARTS) is 1. The van der Waals surface area contributed by atoms with Gasteiger partial charge in [-0.15, -0.1) is 11.3 Å². The molecule has 0 saturated carbocycles. The fraction of sp³-hybridized carbons (Fsp3) is 0.0435. The van der Waals surface area contributed by atoms with Gasteiger partial charge in [0.25, 0.3) is 5.91 Å². The first kappa shape index (κ1) is 20.8. The van der Waals surface area contributed by atoms with Gasteiger partial charge in [-0.2, -0.15) is 5.26 Å². The number of nitriles is 1. The van der Waals surface area contributed by atoms with Gasteiger partial charge in [0.15, 0.2) is 0 Å². The van der Waals surface area contributed by atoms with Gasteiger partial charge in [-0.1, -0.05) is 18.2 Å². The van der Waals surface area contributed by atoms with Crippen LogP contribution in [-0.4, -0.2) is 27.9 Å². The number of H-pyrrole nitrogens is 1. The van der Waals surface area contributed by atoms with Crippen LogP contribution < -0.4 is 10.6 Å². The van der Waals surface area contributed by atoms with Crippen molar-refractivity contribution in [3.05, 3.63) is 81.7 Å². The molecule has 0 saturated heterocycles. The number of fused-ring (bicyclic) bond motifs is 1. The minimum atomic E-state index is -1.26. The summed E-state index contributed by atoms with van der Waals surface area (Å²) in [6, 6.07) is 16.5. The Bertz CT molecular complexity index is 1380. The Morgan fingerprint density at radius 1 is 1.03 bits per heavy atom. The van der Waals surface area contributed by atoms with Crippen LogP contribution in [-0.2, 0) is 11.2 Å². The smallest absolute Gasteiger partial charge is 0.337 e. The molecule has 8 nitrogen and oxygen atoms in total. The summed E-state index contributed by atoms with van der Waals surface area (Å²) in [6.45, 7) is 0. The maximum atomic E-state index is 12.8. The van der Waals surface area contributed by atoms with Crippen LogP contribution >= 0.6 is 11.3 Å². The minimum absolute atomic E-state index is 0.0737. The lowest BCUT2D eigenvalue weighted by molar-refractivity contribution is -0.115. The van der Waals surface area contributed by atoms with Crippen molar-refractivity contribution in [2.24, 2.45) is 0 Å². The van der Waals surface area contributed by atoms with E-state index in [9.17, 15) is 19.5 Å². The van der Waals surface area contributed by atoms with E-state index < -0.39 is 11.9 Å². The van der Waals surface area contributed by atoms with Crippen LogP contribution in [0.5, 0.6) is 0 Å². The molecule has 4 N–H and O–H groups in total. The van der Waals surface area contributed by atoms with Gasteiger partial charge < -0.3 is 20.7 Å². The van der Waals surface area contributed by atoms with Gasteiger partial charge in [0.1, 0.15) is 5.69 Å². The molecule has 0 fully saturated rings. The highest BCUT2D eigenvalue weighted by Gasteiger charge is 2.17. The third-order valence-electron chi connectivity index (χ3n) is 4.72. The number of rotatable bonds is 6. The molecule has 0 unspecified atom stereocenters. The third-order valence-corrected chi connectivity index (χ3v) is 5.59. The first-order valence-corrected chi connectivity index (χ1v) is 10.4. The average molecular weight is 444 g/mol. The number of aromatic carboxylic acids is 1. The van der Waals surface area contributed by atoms with Crippen molar-refractivity contribution in [3.63, 3.8) is 0 Å². The van der Waals surface area contributed by atoms with Crippen LogP contribution in [0.2, 0.25) is 0 Å². The number of benzene rings is 2. The predicted octanol–water partition coefficient (Wildman–Crippen LogP) is 4.23. The van der Waals surface area contributed by atoms with Crippen LogP contribution in [0.25, 0.3) is 10.9 Å². The van der Waals surface area contributed by atoms with Crippen LogP contribution in [0, 0.1) is 11.3 Å². The van der Waals surface area contributed by atoms with Crippen molar-refractivity contribution in [3.8, 4) is 6.07 Å². The monoisotopic (exact) mass is 444 g/mol. The maximum Gasteiger partial charge on any atom is 0.337 e.